The molecule has 30 heavy (non-hydrogen) atoms. The van der Waals surface area contributed by atoms with Crippen molar-refractivity contribution in [3.8, 4) is 17.2 Å². The van der Waals surface area contributed by atoms with Gasteiger partial charge in [-0.15, -0.1) is 0 Å². The van der Waals surface area contributed by atoms with E-state index in [9.17, 15) is 4.79 Å². The van der Waals surface area contributed by atoms with Crippen molar-refractivity contribution in [3.05, 3.63) is 95.1 Å². The molecule has 5 nitrogen and oxygen atoms in total. The van der Waals surface area contributed by atoms with Gasteiger partial charge in [-0.05, 0) is 59.5 Å². The van der Waals surface area contributed by atoms with Crippen LogP contribution in [0.4, 0.5) is 0 Å². The zero-order chi connectivity index (χ0) is 20.5. The summed E-state index contributed by atoms with van der Waals surface area (Å²) in [6.07, 6.45) is 0.604. The van der Waals surface area contributed by atoms with E-state index in [4.69, 9.17) is 18.9 Å². The van der Waals surface area contributed by atoms with Crippen LogP contribution in [0.25, 0.3) is 5.76 Å². The molecule has 0 N–H and O–H groups in total. The Morgan fingerprint density at radius 2 is 1.70 bits per heavy atom. The van der Waals surface area contributed by atoms with E-state index < -0.39 is 5.92 Å². The molecule has 0 fully saturated rings. The van der Waals surface area contributed by atoms with E-state index in [1.165, 1.54) is 0 Å². The van der Waals surface area contributed by atoms with Crippen LogP contribution in [0.15, 0.2) is 78.4 Å². The van der Waals surface area contributed by atoms with E-state index in [2.05, 4.69) is 12.1 Å². The molecule has 0 amide bonds. The summed E-state index contributed by atoms with van der Waals surface area (Å²) in [5.41, 5.74) is 3.72. The molecule has 3 aromatic carbocycles. The zero-order valence-corrected chi connectivity index (χ0v) is 16.5. The lowest BCUT2D eigenvalue weighted by Crippen LogP contribution is -2.11. The van der Waals surface area contributed by atoms with Gasteiger partial charge < -0.3 is 18.9 Å². The molecule has 0 spiro atoms. The highest BCUT2D eigenvalue weighted by Crippen LogP contribution is 2.44. The van der Waals surface area contributed by atoms with Gasteiger partial charge in [-0.25, -0.2) is 0 Å². The van der Waals surface area contributed by atoms with E-state index in [0.29, 0.717) is 23.7 Å². The number of carbonyl (C=O) groups excluding carboxylic acids is 1. The predicted molar refractivity (Wildman–Crippen MR) is 111 cm³/mol. The molecule has 2 heterocycles. The molecular weight excluding hydrogens is 380 g/mol. The molecule has 2 aliphatic heterocycles. The number of methoxy groups -OCH3 is 1. The van der Waals surface area contributed by atoms with Gasteiger partial charge in [0.2, 0.25) is 6.79 Å². The van der Waals surface area contributed by atoms with Crippen LogP contribution < -0.4 is 14.2 Å². The molecule has 3 aromatic rings. The Kier molecular flexibility index (Phi) is 4.64. The lowest BCUT2D eigenvalue weighted by atomic mass is 9.87. The lowest BCUT2D eigenvalue weighted by Gasteiger charge is -2.13. The standard InChI is InChI=1S/C25H20O5/c1-27-19-10-7-17(8-11-19)24-20(13-16-5-3-2-4-6-16)23(25(26)30-24)18-9-12-21-22(14-18)29-15-28-21/h2-12,14,23H,13,15H2,1H3. The molecule has 0 radical (unpaired) electrons. The summed E-state index contributed by atoms with van der Waals surface area (Å²) in [6.45, 7) is 0.192. The van der Waals surface area contributed by atoms with Crippen LogP contribution in [0.1, 0.15) is 22.6 Å². The van der Waals surface area contributed by atoms with E-state index in [1.54, 1.807) is 7.11 Å². The summed E-state index contributed by atoms with van der Waals surface area (Å²) in [5.74, 6) is 1.91. The highest BCUT2D eigenvalue weighted by atomic mass is 16.7. The molecule has 1 unspecified atom stereocenters. The first-order valence-corrected chi connectivity index (χ1v) is 9.75. The minimum absolute atomic E-state index is 0.192. The van der Waals surface area contributed by atoms with Crippen LogP contribution >= 0.6 is 0 Å². The third-order valence-corrected chi connectivity index (χ3v) is 5.40. The van der Waals surface area contributed by atoms with Crippen LogP contribution in [-0.4, -0.2) is 19.9 Å². The molecular formula is C25H20O5. The average molecular weight is 400 g/mol. The van der Waals surface area contributed by atoms with Gasteiger partial charge >= 0.3 is 5.97 Å². The topological polar surface area (TPSA) is 54.0 Å². The summed E-state index contributed by atoms with van der Waals surface area (Å²) in [4.78, 5) is 13.0. The second kappa shape index (κ2) is 7.59. The van der Waals surface area contributed by atoms with Crippen molar-refractivity contribution in [1.82, 2.24) is 0 Å². The molecule has 0 aromatic heterocycles. The number of fused-ring (bicyclic) bond motifs is 1. The quantitative estimate of drug-likeness (QED) is 0.580. The van der Waals surface area contributed by atoms with Gasteiger partial charge in [-0.1, -0.05) is 36.4 Å². The van der Waals surface area contributed by atoms with E-state index >= 15 is 0 Å². The molecule has 0 bridgehead atoms. The smallest absolute Gasteiger partial charge is 0.323 e. The van der Waals surface area contributed by atoms with Crippen LogP contribution in [0.3, 0.4) is 0 Å². The third kappa shape index (κ3) is 3.28. The molecule has 1 atom stereocenters. The second-order valence-electron chi connectivity index (χ2n) is 7.21. The van der Waals surface area contributed by atoms with Crippen LogP contribution in [0, 0.1) is 0 Å². The number of hydrogen-bond donors (Lipinski definition) is 0. The fourth-order valence-electron chi connectivity index (χ4n) is 3.91. The lowest BCUT2D eigenvalue weighted by molar-refractivity contribution is -0.135. The van der Waals surface area contributed by atoms with E-state index in [0.717, 1.165) is 28.0 Å². The van der Waals surface area contributed by atoms with Gasteiger partial charge in [0.25, 0.3) is 0 Å². The SMILES string of the molecule is COc1ccc(C2=C(Cc3ccccc3)C(c3ccc4c(c3)OCO4)C(=O)O2)cc1. The Morgan fingerprint density at radius 3 is 2.47 bits per heavy atom. The molecule has 0 saturated carbocycles. The minimum Gasteiger partial charge on any atom is -0.497 e. The Morgan fingerprint density at radius 1 is 0.933 bits per heavy atom. The number of cyclic esters (lactones) is 1. The molecule has 150 valence electrons. The van der Waals surface area contributed by atoms with Crippen molar-refractivity contribution in [2.24, 2.45) is 0 Å². The summed E-state index contributed by atoms with van der Waals surface area (Å²) >= 11 is 0. The fourth-order valence-corrected chi connectivity index (χ4v) is 3.91. The van der Waals surface area contributed by atoms with Crippen molar-refractivity contribution in [2.45, 2.75) is 12.3 Å². The number of esters is 1. The summed E-state index contributed by atoms with van der Waals surface area (Å²) < 4.78 is 22.0. The summed E-state index contributed by atoms with van der Waals surface area (Å²) in [5, 5.41) is 0. The maximum Gasteiger partial charge on any atom is 0.323 e. The molecule has 5 heteroatoms. The summed E-state index contributed by atoms with van der Waals surface area (Å²) in [7, 11) is 1.63. The Hall–Kier alpha value is -3.73. The van der Waals surface area contributed by atoms with Gasteiger partial charge in [-0.2, -0.15) is 0 Å². The highest BCUT2D eigenvalue weighted by molar-refractivity contribution is 5.95. The van der Waals surface area contributed by atoms with Crippen LogP contribution in [0.2, 0.25) is 0 Å². The molecule has 0 aliphatic carbocycles. The van der Waals surface area contributed by atoms with Crippen molar-refractivity contribution in [1.29, 1.82) is 0 Å². The van der Waals surface area contributed by atoms with Crippen molar-refractivity contribution in [2.75, 3.05) is 13.9 Å². The number of benzene rings is 3. The van der Waals surface area contributed by atoms with Gasteiger partial charge in [0.1, 0.15) is 17.4 Å². The first kappa shape index (κ1) is 18.3. The average Bonchev–Trinajstić information content (AvgIpc) is 3.38. The number of ether oxygens (including phenoxy) is 4. The van der Waals surface area contributed by atoms with Gasteiger partial charge in [0.15, 0.2) is 11.5 Å². The summed E-state index contributed by atoms with van der Waals surface area (Å²) in [6, 6.07) is 23.3. The maximum absolute atomic E-state index is 13.0. The third-order valence-electron chi connectivity index (χ3n) is 5.40. The molecule has 0 saturated heterocycles. The number of rotatable bonds is 5. The normalized spacial score (nSPS) is 17.2. The first-order valence-electron chi connectivity index (χ1n) is 9.75. The monoisotopic (exact) mass is 400 g/mol. The van der Waals surface area contributed by atoms with Crippen molar-refractivity contribution in [3.63, 3.8) is 0 Å². The zero-order valence-electron chi connectivity index (χ0n) is 16.5. The van der Waals surface area contributed by atoms with Crippen LogP contribution in [-0.2, 0) is 16.0 Å². The highest BCUT2D eigenvalue weighted by Gasteiger charge is 2.38. The van der Waals surface area contributed by atoms with Gasteiger partial charge in [-0.3, -0.25) is 4.79 Å². The van der Waals surface area contributed by atoms with Crippen molar-refractivity contribution >= 4 is 11.7 Å². The Bertz CT molecular complexity index is 1120. The minimum atomic E-state index is -0.503. The van der Waals surface area contributed by atoms with Gasteiger partial charge in [0, 0.05) is 5.56 Å². The molecule has 5 rings (SSSR count). The number of carbonyl (C=O) groups is 1. The number of hydrogen-bond acceptors (Lipinski definition) is 5. The largest absolute Gasteiger partial charge is 0.497 e. The molecule has 2 aliphatic rings. The Balaban J connectivity index is 1.60. The van der Waals surface area contributed by atoms with Crippen LogP contribution in [0.5, 0.6) is 17.2 Å². The first-order chi connectivity index (χ1) is 14.7. The van der Waals surface area contributed by atoms with Crippen molar-refractivity contribution < 1.29 is 23.7 Å². The fraction of sp³-hybridized carbons (Fsp3) is 0.160. The van der Waals surface area contributed by atoms with E-state index in [-0.39, 0.29) is 12.8 Å². The predicted octanol–water partition coefficient (Wildman–Crippen LogP) is 4.72. The van der Waals surface area contributed by atoms with E-state index in [1.807, 2.05) is 60.7 Å². The van der Waals surface area contributed by atoms with Gasteiger partial charge in [0.05, 0.1) is 7.11 Å². The maximum atomic E-state index is 13.0. The second-order valence-corrected chi connectivity index (χ2v) is 7.21. The Labute approximate surface area is 174 Å².